The molecule has 2 aliphatic carbocycles. The molecule has 8 heteroatoms. The molecule has 0 saturated heterocycles. The Bertz CT molecular complexity index is 1480. The normalized spacial score (nSPS) is 22.5. The molecule has 5 rings (SSSR count). The molecule has 214 valence electrons. The molecule has 7 nitrogen and oxygen atoms in total. The van der Waals surface area contributed by atoms with Crippen LogP contribution in [0.15, 0.2) is 36.4 Å². The minimum Gasteiger partial charge on any atom is -0.489 e. The molecule has 0 radical (unpaired) electrons. The van der Waals surface area contributed by atoms with E-state index >= 15 is 0 Å². The Hall–Kier alpha value is -3.52. The number of unbranched alkanes of at least 4 members (excludes halogenated alkanes) is 2. The molecular weight excluding hydrogens is 540 g/mol. The molecule has 0 unspecified atom stereocenters. The largest absolute Gasteiger partial charge is 0.489 e. The summed E-state index contributed by atoms with van der Waals surface area (Å²) < 4.78 is 12.0. The van der Waals surface area contributed by atoms with Crippen LogP contribution in [0.2, 0.25) is 5.02 Å². The second-order valence-electron chi connectivity index (χ2n) is 12.5. The molecule has 2 fully saturated rings. The zero-order valence-corrected chi connectivity index (χ0v) is 24.7. The number of aliphatic carboxylic acids is 1. The summed E-state index contributed by atoms with van der Waals surface area (Å²) in [6.07, 6.45) is 3.35. The second kappa shape index (κ2) is 10.7. The van der Waals surface area contributed by atoms with Gasteiger partial charge in [-0.2, -0.15) is 0 Å². The van der Waals surface area contributed by atoms with Crippen LogP contribution in [-0.4, -0.2) is 46.2 Å². The van der Waals surface area contributed by atoms with Gasteiger partial charge in [0, 0.05) is 47.6 Å². The predicted octanol–water partition coefficient (Wildman–Crippen LogP) is 6.88. The first-order chi connectivity index (χ1) is 19.4. The summed E-state index contributed by atoms with van der Waals surface area (Å²) in [4.78, 5) is 30.1. The Balaban J connectivity index is 1.19. The van der Waals surface area contributed by atoms with Gasteiger partial charge in [-0.1, -0.05) is 57.2 Å². The number of amides is 1. The van der Waals surface area contributed by atoms with E-state index in [0.29, 0.717) is 48.9 Å². The van der Waals surface area contributed by atoms with E-state index in [-0.39, 0.29) is 28.9 Å². The van der Waals surface area contributed by atoms with Gasteiger partial charge < -0.3 is 19.5 Å². The number of carbonyl (C=O) groups is 2. The molecule has 1 amide bonds. The van der Waals surface area contributed by atoms with E-state index in [1.807, 2.05) is 23.1 Å². The van der Waals surface area contributed by atoms with Gasteiger partial charge in [-0.05, 0) is 61.6 Å². The van der Waals surface area contributed by atoms with Gasteiger partial charge >= 0.3 is 5.97 Å². The minimum absolute atomic E-state index is 0.0309. The van der Waals surface area contributed by atoms with Gasteiger partial charge in [-0.25, -0.2) is 9.64 Å². The highest BCUT2D eigenvalue weighted by molar-refractivity contribution is 6.33. The number of hydrogen-bond donors (Lipinski definition) is 1. The summed E-state index contributed by atoms with van der Waals surface area (Å²) in [5.41, 5.74) is 1.41. The summed E-state index contributed by atoms with van der Waals surface area (Å²) in [5.74, 6) is 6.20. The third kappa shape index (κ3) is 5.30. The fraction of sp³-hybridized carbons (Fsp3) is 0.485. The zero-order chi connectivity index (χ0) is 29.6. The second-order valence-corrected chi connectivity index (χ2v) is 12.9. The van der Waals surface area contributed by atoms with Crippen molar-refractivity contribution < 1.29 is 24.2 Å². The van der Waals surface area contributed by atoms with Gasteiger partial charge in [-0.3, -0.25) is 4.79 Å². The number of rotatable bonds is 9. The highest BCUT2D eigenvalue weighted by Crippen LogP contribution is 2.59. The number of benzene rings is 2. The first-order valence-corrected chi connectivity index (χ1v) is 14.4. The molecule has 0 bridgehead atoms. The monoisotopic (exact) mass is 574 g/mol. The van der Waals surface area contributed by atoms with Crippen molar-refractivity contribution in [3.63, 3.8) is 0 Å². The molecule has 0 aromatic heterocycles. The number of carboxylic acids is 1. The zero-order valence-electron chi connectivity index (χ0n) is 23.9. The van der Waals surface area contributed by atoms with E-state index in [1.165, 1.54) is 0 Å². The molecule has 2 saturated carbocycles. The Labute approximate surface area is 246 Å². The van der Waals surface area contributed by atoms with Crippen molar-refractivity contribution in [3.05, 3.63) is 69.5 Å². The van der Waals surface area contributed by atoms with Gasteiger partial charge in [0.1, 0.15) is 11.9 Å². The number of ether oxygens (including phenoxy) is 2. The highest BCUT2D eigenvalue weighted by atomic mass is 35.5. The van der Waals surface area contributed by atoms with Crippen LogP contribution in [0.25, 0.3) is 4.85 Å². The summed E-state index contributed by atoms with van der Waals surface area (Å²) in [5, 5.41) is 9.53. The third-order valence-corrected chi connectivity index (χ3v) is 9.01. The van der Waals surface area contributed by atoms with Gasteiger partial charge in [0.2, 0.25) is 5.69 Å². The maximum absolute atomic E-state index is 13.5. The lowest BCUT2D eigenvalue weighted by atomic mass is 9.49. The minimum atomic E-state index is -0.931. The van der Waals surface area contributed by atoms with Crippen molar-refractivity contribution in [2.75, 3.05) is 6.61 Å². The van der Waals surface area contributed by atoms with Crippen LogP contribution < -0.4 is 4.74 Å². The molecule has 2 aromatic carbocycles. The lowest BCUT2D eigenvalue weighted by molar-refractivity contribution is -0.199. The van der Waals surface area contributed by atoms with E-state index in [1.54, 1.807) is 18.2 Å². The van der Waals surface area contributed by atoms with E-state index in [9.17, 15) is 9.59 Å². The van der Waals surface area contributed by atoms with Crippen LogP contribution in [-0.2, 0) is 16.1 Å². The fourth-order valence-electron chi connectivity index (χ4n) is 6.91. The average Bonchev–Trinajstić information content (AvgIpc) is 3.65. The van der Waals surface area contributed by atoms with Crippen LogP contribution in [0, 0.1) is 29.2 Å². The van der Waals surface area contributed by atoms with Crippen molar-refractivity contribution in [2.45, 2.75) is 84.1 Å². The number of carboxylic acid groups (broad SMARTS) is 1. The van der Waals surface area contributed by atoms with Crippen LogP contribution in [0.3, 0.4) is 0 Å². The van der Waals surface area contributed by atoms with E-state index < -0.39 is 11.6 Å². The number of fused-ring (bicyclic) bond motifs is 1. The fourth-order valence-corrected chi connectivity index (χ4v) is 7.13. The summed E-state index contributed by atoms with van der Waals surface area (Å²) in [6, 6.07) is 10.9. The lowest BCUT2D eigenvalue weighted by Gasteiger charge is -2.65. The van der Waals surface area contributed by atoms with Crippen molar-refractivity contribution in [2.24, 2.45) is 10.8 Å². The standard InChI is InChI=1S/C33H35ClN2O5/c1-31(2)28(32(3,4)29(31)41-23-12-14-26(35-5)25(34)19-23)36-20-22-18-21(11-13-24(22)27(36)37)10-8-6-7-9-17-40-33(15-16-33)30(38)39/h11-14,18-19,28-29H,6-7,9,15-17,20H2,1-4H3,(H,38,39). The first-order valence-electron chi connectivity index (χ1n) is 14.0. The Morgan fingerprint density at radius 2 is 1.88 bits per heavy atom. The number of halogens is 1. The molecule has 41 heavy (non-hydrogen) atoms. The molecule has 1 N–H and O–H groups in total. The Morgan fingerprint density at radius 1 is 1.15 bits per heavy atom. The topological polar surface area (TPSA) is 80.4 Å². The van der Waals surface area contributed by atoms with Crippen LogP contribution in [0.4, 0.5) is 5.69 Å². The van der Waals surface area contributed by atoms with Crippen molar-refractivity contribution in [1.82, 2.24) is 4.90 Å². The number of hydrogen-bond acceptors (Lipinski definition) is 4. The van der Waals surface area contributed by atoms with Crippen molar-refractivity contribution >= 4 is 29.2 Å². The molecule has 1 aliphatic heterocycles. The van der Waals surface area contributed by atoms with E-state index in [4.69, 9.17) is 32.8 Å². The average molecular weight is 575 g/mol. The van der Waals surface area contributed by atoms with Crippen LogP contribution in [0.5, 0.6) is 5.75 Å². The molecule has 0 atom stereocenters. The van der Waals surface area contributed by atoms with E-state index in [0.717, 1.165) is 29.5 Å². The maximum Gasteiger partial charge on any atom is 0.335 e. The molecule has 2 aromatic rings. The quantitative estimate of drug-likeness (QED) is 0.200. The Kier molecular flexibility index (Phi) is 7.57. The van der Waals surface area contributed by atoms with E-state index in [2.05, 4.69) is 44.4 Å². The molecule has 1 heterocycles. The smallest absolute Gasteiger partial charge is 0.335 e. The third-order valence-electron chi connectivity index (χ3n) is 8.70. The van der Waals surface area contributed by atoms with Crippen LogP contribution in [0.1, 0.15) is 81.3 Å². The molecular formula is C33H35ClN2O5. The van der Waals surface area contributed by atoms with Crippen molar-refractivity contribution in [1.29, 1.82) is 0 Å². The highest BCUT2D eigenvalue weighted by Gasteiger charge is 2.67. The van der Waals surface area contributed by atoms with Gasteiger partial charge in [-0.15, -0.1) is 0 Å². The predicted molar refractivity (Wildman–Crippen MR) is 156 cm³/mol. The first kappa shape index (κ1) is 29.0. The van der Waals surface area contributed by atoms with Crippen LogP contribution >= 0.6 is 11.6 Å². The van der Waals surface area contributed by atoms with Crippen molar-refractivity contribution in [3.8, 4) is 17.6 Å². The number of carbonyl (C=O) groups excluding carboxylic acids is 1. The summed E-state index contributed by atoms with van der Waals surface area (Å²) in [6.45, 7) is 16.7. The summed E-state index contributed by atoms with van der Waals surface area (Å²) in [7, 11) is 0. The van der Waals surface area contributed by atoms with Gasteiger partial charge in [0.15, 0.2) is 5.60 Å². The maximum atomic E-state index is 13.5. The van der Waals surface area contributed by atoms with Gasteiger partial charge in [0.05, 0.1) is 11.6 Å². The molecule has 3 aliphatic rings. The SMILES string of the molecule is [C-]#[N+]c1ccc(OC2C(C)(C)C(N3Cc4cc(C#CCCCCOC5(C(=O)O)CC5)ccc4C3=O)C2(C)C)cc1Cl. The summed E-state index contributed by atoms with van der Waals surface area (Å²) >= 11 is 6.24. The molecule has 0 spiro atoms. The number of nitrogens with zero attached hydrogens (tertiary/aromatic N) is 2. The van der Waals surface area contributed by atoms with Gasteiger partial charge in [0.25, 0.3) is 5.91 Å². The lowest BCUT2D eigenvalue weighted by Crippen LogP contribution is -2.74. The Morgan fingerprint density at radius 3 is 2.51 bits per heavy atom.